The van der Waals surface area contributed by atoms with Gasteiger partial charge in [0, 0.05) is 18.7 Å². The highest BCUT2D eigenvalue weighted by Gasteiger charge is 2.27. The van der Waals surface area contributed by atoms with E-state index in [1.54, 1.807) is 0 Å². The van der Waals surface area contributed by atoms with Crippen LogP contribution in [0, 0.1) is 5.92 Å². The molecule has 0 aromatic carbocycles. The monoisotopic (exact) mass is 254 g/mol. The van der Waals surface area contributed by atoms with Gasteiger partial charge in [0.25, 0.3) is 0 Å². The van der Waals surface area contributed by atoms with E-state index >= 15 is 0 Å². The Bertz CT molecular complexity index is 257. The molecule has 0 bridgehead atoms. The smallest absolute Gasteiger partial charge is 0.225 e. The predicted molar refractivity (Wildman–Crippen MR) is 71.4 cm³/mol. The van der Waals surface area contributed by atoms with E-state index in [1.165, 1.54) is 19.3 Å². The molecular weight excluding hydrogens is 228 g/mol. The third-order valence-electron chi connectivity index (χ3n) is 4.06. The average Bonchev–Trinajstić information content (AvgIpc) is 2.92. The van der Waals surface area contributed by atoms with Crippen molar-refractivity contribution in [2.45, 2.75) is 57.5 Å². The Labute approximate surface area is 110 Å². The standard InChI is InChI=1S/C14H26N2O2/c1-2-8-15-12-3-5-13(6-4-12)16-14(17)11-7-9-18-10-11/h11-13,15H,2-10H2,1H3,(H,16,17). The van der Waals surface area contributed by atoms with E-state index in [9.17, 15) is 4.79 Å². The van der Waals surface area contributed by atoms with Crippen LogP contribution in [0.15, 0.2) is 0 Å². The number of hydrogen-bond acceptors (Lipinski definition) is 3. The van der Waals surface area contributed by atoms with Gasteiger partial charge in [0.05, 0.1) is 12.5 Å². The van der Waals surface area contributed by atoms with Crippen molar-refractivity contribution in [3.05, 3.63) is 0 Å². The first-order valence-corrected chi connectivity index (χ1v) is 7.41. The van der Waals surface area contributed by atoms with Crippen LogP contribution in [-0.4, -0.2) is 37.7 Å². The summed E-state index contributed by atoms with van der Waals surface area (Å²) in [7, 11) is 0. The Morgan fingerprint density at radius 2 is 1.89 bits per heavy atom. The van der Waals surface area contributed by atoms with Crippen LogP contribution in [0.2, 0.25) is 0 Å². The molecule has 2 rings (SSSR count). The van der Waals surface area contributed by atoms with Gasteiger partial charge in [-0.05, 0) is 45.1 Å². The van der Waals surface area contributed by atoms with Crippen molar-refractivity contribution in [1.82, 2.24) is 10.6 Å². The molecular formula is C14H26N2O2. The second-order valence-corrected chi connectivity index (χ2v) is 5.57. The molecule has 2 aliphatic rings. The van der Waals surface area contributed by atoms with E-state index in [0.29, 0.717) is 18.7 Å². The molecule has 1 aliphatic heterocycles. The van der Waals surface area contributed by atoms with Gasteiger partial charge in [0.15, 0.2) is 0 Å². The van der Waals surface area contributed by atoms with Gasteiger partial charge in [-0.25, -0.2) is 0 Å². The highest BCUT2D eigenvalue weighted by molar-refractivity contribution is 5.79. The minimum Gasteiger partial charge on any atom is -0.381 e. The van der Waals surface area contributed by atoms with E-state index in [2.05, 4.69) is 17.6 Å². The lowest BCUT2D eigenvalue weighted by Crippen LogP contribution is -2.44. The van der Waals surface area contributed by atoms with Crippen molar-refractivity contribution in [2.24, 2.45) is 5.92 Å². The van der Waals surface area contributed by atoms with Crippen LogP contribution in [0.25, 0.3) is 0 Å². The zero-order chi connectivity index (χ0) is 12.8. The maximum atomic E-state index is 12.0. The molecule has 4 heteroatoms. The van der Waals surface area contributed by atoms with Crippen LogP contribution >= 0.6 is 0 Å². The summed E-state index contributed by atoms with van der Waals surface area (Å²) in [6.45, 7) is 4.66. The molecule has 0 radical (unpaired) electrons. The first-order valence-electron chi connectivity index (χ1n) is 7.41. The van der Waals surface area contributed by atoms with Gasteiger partial charge in [-0.1, -0.05) is 6.92 Å². The molecule has 104 valence electrons. The number of carbonyl (C=O) groups excluding carboxylic acids is 1. The zero-order valence-electron chi connectivity index (χ0n) is 11.4. The molecule has 0 aromatic heterocycles. The topological polar surface area (TPSA) is 50.4 Å². The molecule has 0 spiro atoms. The maximum absolute atomic E-state index is 12.0. The van der Waals surface area contributed by atoms with E-state index < -0.39 is 0 Å². The molecule has 2 fully saturated rings. The largest absolute Gasteiger partial charge is 0.381 e. The van der Waals surface area contributed by atoms with Crippen LogP contribution in [0.5, 0.6) is 0 Å². The Balaban J connectivity index is 1.65. The van der Waals surface area contributed by atoms with E-state index in [1.807, 2.05) is 0 Å². The molecule has 2 N–H and O–H groups in total. The summed E-state index contributed by atoms with van der Waals surface area (Å²) in [5.74, 6) is 0.304. The molecule has 1 atom stereocenters. The Morgan fingerprint density at radius 3 is 2.50 bits per heavy atom. The van der Waals surface area contributed by atoms with E-state index in [-0.39, 0.29) is 11.8 Å². The van der Waals surface area contributed by atoms with Crippen molar-refractivity contribution < 1.29 is 9.53 Å². The van der Waals surface area contributed by atoms with Crippen LogP contribution in [0.1, 0.15) is 45.4 Å². The zero-order valence-corrected chi connectivity index (χ0v) is 11.4. The second kappa shape index (κ2) is 7.10. The highest BCUT2D eigenvalue weighted by Crippen LogP contribution is 2.20. The molecule has 1 heterocycles. The van der Waals surface area contributed by atoms with Crippen molar-refractivity contribution in [3.63, 3.8) is 0 Å². The number of nitrogens with one attached hydrogen (secondary N) is 2. The lowest BCUT2D eigenvalue weighted by atomic mass is 9.90. The van der Waals surface area contributed by atoms with Crippen molar-refractivity contribution in [2.75, 3.05) is 19.8 Å². The van der Waals surface area contributed by atoms with Gasteiger partial charge in [-0.2, -0.15) is 0 Å². The van der Waals surface area contributed by atoms with E-state index in [4.69, 9.17) is 4.74 Å². The van der Waals surface area contributed by atoms with Crippen molar-refractivity contribution >= 4 is 5.91 Å². The highest BCUT2D eigenvalue weighted by atomic mass is 16.5. The SMILES string of the molecule is CCCNC1CCC(NC(=O)C2CCOC2)CC1. The summed E-state index contributed by atoms with van der Waals surface area (Å²) in [6, 6.07) is 1.05. The van der Waals surface area contributed by atoms with E-state index in [0.717, 1.165) is 32.4 Å². The quantitative estimate of drug-likeness (QED) is 0.781. The van der Waals surface area contributed by atoms with Crippen molar-refractivity contribution in [1.29, 1.82) is 0 Å². The van der Waals surface area contributed by atoms with Gasteiger partial charge in [-0.3, -0.25) is 4.79 Å². The third kappa shape index (κ3) is 3.95. The summed E-state index contributed by atoms with van der Waals surface area (Å²) in [5, 5.41) is 6.76. The van der Waals surface area contributed by atoms with Crippen LogP contribution in [0.3, 0.4) is 0 Å². The fraction of sp³-hybridized carbons (Fsp3) is 0.929. The minimum atomic E-state index is 0.0981. The van der Waals surface area contributed by atoms with Crippen LogP contribution in [-0.2, 0) is 9.53 Å². The molecule has 1 saturated carbocycles. The second-order valence-electron chi connectivity index (χ2n) is 5.57. The fourth-order valence-electron chi connectivity index (χ4n) is 2.85. The lowest BCUT2D eigenvalue weighted by molar-refractivity contribution is -0.125. The number of ether oxygens (including phenoxy) is 1. The number of amides is 1. The number of rotatable bonds is 5. The van der Waals surface area contributed by atoms with Gasteiger partial charge in [0.2, 0.25) is 5.91 Å². The normalized spacial score (nSPS) is 32.4. The lowest BCUT2D eigenvalue weighted by Gasteiger charge is -2.30. The first-order chi connectivity index (χ1) is 8.79. The Hall–Kier alpha value is -0.610. The summed E-state index contributed by atoms with van der Waals surface area (Å²) >= 11 is 0. The fourth-order valence-corrected chi connectivity index (χ4v) is 2.85. The third-order valence-corrected chi connectivity index (χ3v) is 4.06. The van der Waals surface area contributed by atoms with Gasteiger partial charge < -0.3 is 15.4 Å². The summed E-state index contributed by atoms with van der Waals surface area (Å²) in [4.78, 5) is 12.0. The molecule has 1 aliphatic carbocycles. The average molecular weight is 254 g/mol. The van der Waals surface area contributed by atoms with Gasteiger partial charge in [-0.15, -0.1) is 0 Å². The molecule has 1 saturated heterocycles. The Morgan fingerprint density at radius 1 is 1.17 bits per heavy atom. The molecule has 1 amide bonds. The molecule has 18 heavy (non-hydrogen) atoms. The number of carbonyl (C=O) groups is 1. The summed E-state index contributed by atoms with van der Waals surface area (Å²) < 4.78 is 5.26. The van der Waals surface area contributed by atoms with Gasteiger partial charge in [0.1, 0.15) is 0 Å². The maximum Gasteiger partial charge on any atom is 0.225 e. The van der Waals surface area contributed by atoms with Gasteiger partial charge >= 0.3 is 0 Å². The Kier molecular flexibility index (Phi) is 5.45. The summed E-state index contributed by atoms with van der Waals surface area (Å²) in [5.41, 5.74) is 0. The van der Waals surface area contributed by atoms with Crippen LogP contribution in [0.4, 0.5) is 0 Å². The summed E-state index contributed by atoms with van der Waals surface area (Å²) in [6.07, 6.45) is 6.68. The molecule has 1 unspecified atom stereocenters. The molecule has 0 aromatic rings. The van der Waals surface area contributed by atoms with Crippen molar-refractivity contribution in [3.8, 4) is 0 Å². The predicted octanol–water partition coefficient (Wildman–Crippen LogP) is 1.45. The minimum absolute atomic E-state index is 0.0981. The number of hydrogen-bond donors (Lipinski definition) is 2. The molecule has 4 nitrogen and oxygen atoms in total. The van der Waals surface area contributed by atoms with Crippen LogP contribution < -0.4 is 10.6 Å². The first kappa shape index (κ1) is 13.8.